The molecule has 12 heteroatoms. The number of benzene rings is 2. The van der Waals surface area contributed by atoms with Crippen molar-refractivity contribution >= 4 is 46.8 Å². The first kappa shape index (κ1) is 32.6. The maximum atomic E-state index is 13.6. The number of halogens is 2. The van der Waals surface area contributed by atoms with Crippen molar-refractivity contribution in [2.24, 2.45) is 5.41 Å². The van der Waals surface area contributed by atoms with E-state index in [2.05, 4.69) is 26.4 Å². The van der Waals surface area contributed by atoms with Gasteiger partial charge in [0.1, 0.15) is 17.8 Å². The lowest BCUT2D eigenvalue weighted by molar-refractivity contribution is -0.131. The molecule has 2 atom stereocenters. The Bertz CT molecular complexity index is 1400. The average Bonchev–Trinajstić information content (AvgIpc) is 3.37. The van der Waals surface area contributed by atoms with Gasteiger partial charge in [0.15, 0.2) is 5.69 Å². The molecule has 42 heavy (non-hydrogen) atoms. The summed E-state index contributed by atoms with van der Waals surface area (Å²) in [7, 11) is 0. The summed E-state index contributed by atoms with van der Waals surface area (Å²) in [6, 6.07) is 13.0. The van der Waals surface area contributed by atoms with Gasteiger partial charge in [-0.25, -0.2) is 0 Å². The van der Waals surface area contributed by atoms with Gasteiger partial charge in [0.25, 0.3) is 5.91 Å². The fraction of sp³-hybridized carbons (Fsp3) is 0.367. The minimum atomic E-state index is -1.31. The van der Waals surface area contributed by atoms with Crippen molar-refractivity contribution in [2.45, 2.75) is 59.2 Å². The van der Waals surface area contributed by atoms with Gasteiger partial charge in [-0.2, -0.15) is 0 Å². The number of aromatic nitrogens is 1. The third-order valence-corrected chi connectivity index (χ3v) is 6.71. The van der Waals surface area contributed by atoms with Crippen molar-refractivity contribution in [2.75, 3.05) is 6.54 Å². The van der Waals surface area contributed by atoms with Crippen LogP contribution in [0.25, 0.3) is 0 Å². The average molecular weight is 617 g/mol. The van der Waals surface area contributed by atoms with Gasteiger partial charge in [-0.1, -0.05) is 79.5 Å². The molecule has 0 saturated heterocycles. The molecule has 0 aliphatic heterocycles. The molecule has 3 aromatic rings. The predicted molar refractivity (Wildman–Crippen MR) is 160 cm³/mol. The number of aryl methyl sites for hydroxylation is 1. The van der Waals surface area contributed by atoms with Crippen LogP contribution in [0.1, 0.15) is 54.6 Å². The summed E-state index contributed by atoms with van der Waals surface area (Å²) in [5.41, 5.74) is 1.20. The molecule has 3 rings (SSSR count). The van der Waals surface area contributed by atoms with E-state index < -0.39 is 35.7 Å². The minimum absolute atomic E-state index is 0.0457. The number of amides is 4. The predicted octanol–water partition coefficient (Wildman–Crippen LogP) is 3.98. The van der Waals surface area contributed by atoms with Crippen molar-refractivity contribution in [1.82, 2.24) is 26.4 Å². The Morgan fingerprint density at radius 1 is 0.905 bits per heavy atom. The molecule has 0 saturated carbocycles. The molecule has 0 aliphatic rings. The van der Waals surface area contributed by atoms with E-state index in [-0.39, 0.29) is 30.5 Å². The number of carbonyl (C=O) groups excluding carboxylic acids is 4. The summed E-state index contributed by atoms with van der Waals surface area (Å²) in [6.07, 6.45) is -0.240. The number of rotatable bonds is 12. The van der Waals surface area contributed by atoms with Crippen LogP contribution in [0.4, 0.5) is 0 Å². The van der Waals surface area contributed by atoms with E-state index in [1.165, 1.54) is 6.07 Å². The fourth-order valence-corrected chi connectivity index (χ4v) is 4.15. The first-order valence-corrected chi connectivity index (χ1v) is 14.1. The summed E-state index contributed by atoms with van der Waals surface area (Å²) in [4.78, 5) is 52.6. The highest BCUT2D eigenvalue weighted by Gasteiger charge is 2.30. The zero-order chi connectivity index (χ0) is 30.9. The molecule has 1 aromatic heterocycles. The molecule has 2 aromatic carbocycles. The van der Waals surface area contributed by atoms with E-state index in [0.717, 1.165) is 5.56 Å². The lowest BCUT2D eigenvalue weighted by Gasteiger charge is -2.24. The van der Waals surface area contributed by atoms with Crippen molar-refractivity contribution in [3.63, 3.8) is 0 Å². The van der Waals surface area contributed by atoms with E-state index in [1.807, 2.05) is 20.8 Å². The number of hydrogen-bond acceptors (Lipinski definition) is 6. The van der Waals surface area contributed by atoms with Crippen LogP contribution in [0.15, 0.2) is 59.1 Å². The Hall–Kier alpha value is -3.89. The van der Waals surface area contributed by atoms with Crippen molar-refractivity contribution < 1.29 is 23.7 Å². The minimum Gasteiger partial charge on any atom is -0.361 e. The molecule has 1 heterocycles. The molecule has 4 amide bonds. The molecular formula is C30H35Cl2N5O5. The number of nitrogens with one attached hydrogen (secondary N) is 4. The number of hydrogen-bond donors (Lipinski definition) is 4. The largest absolute Gasteiger partial charge is 0.361 e. The maximum absolute atomic E-state index is 13.6. The summed E-state index contributed by atoms with van der Waals surface area (Å²) in [5, 5.41) is 15.6. The lowest BCUT2D eigenvalue weighted by atomic mass is 9.97. The standard InChI is InChI=1S/C30H35Cl2N5O5/c1-18-13-25(37-42-18)29(41)36-24(15-26(38)34-17-30(2,3)4)28(40)35-23(14-19-9-11-21(31)12-10-19)27(39)33-16-20-7-5-6-8-22(20)32/h5-13,23-24H,14-17H2,1-4H3,(H,33,39)(H,34,38)(H,35,40)(H,36,41)/t23-,24-/m0/s1. The molecule has 0 fully saturated rings. The molecule has 0 aliphatic carbocycles. The van der Waals surface area contributed by atoms with E-state index in [4.69, 9.17) is 27.7 Å². The topological polar surface area (TPSA) is 142 Å². The van der Waals surface area contributed by atoms with Gasteiger partial charge in [0.05, 0.1) is 6.42 Å². The zero-order valence-electron chi connectivity index (χ0n) is 23.9. The van der Waals surface area contributed by atoms with E-state index >= 15 is 0 Å². The van der Waals surface area contributed by atoms with E-state index in [0.29, 0.717) is 27.9 Å². The molecule has 0 spiro atoms. The smallest absolute Gasteiger partial charge is 0.274 e. The first-order valence-electron chi connectivity index (χ1n) is 13.4. The van der Waals surface area contributed by atoms with Gasteiger partial charge in [-0.05, 0) is 41.7 Å². The van der Waals surface area contributed by atoms with Crippen LogP contribution < -0.4 is 21.3 Å². The highest BCUT2D eigenvalue weighted by Crippen LogP contribution is 2.16. The van der Waals surface area contributed by atoms with Crippen molar-refractivity contribution in [3.8, 4) is 0 Å². The molecule has 0 bridgehead atoms. The molecule has 0 radical (unpaired) electrons. The zero-order valence-corrected chi connectivity index (χ0v) is 25.4. The normalized spacial score (nSPS) is 12.6. The van der Waals surface area contributed by atoms with Gasteiger partial charge >= 0.3 is 0 Å². The van der Waals surface area contributed by atoms with Crippen LogP contribution in [0.2, 0.25) is 10.0 Å². The monoisotopic (exact) mass is 615 g/mol. The first-order chi connectivity index (χ1) is 19.8. The van der Waals surface area contributed by atoms with Crippen LogP contribution in [0.5, 0.6) is 0 Å². The highest BCUT2D eigenvalue weighted by molar-refractivity contribution is 6.31. The van der Waals surface area contributed by atoms with Crippen LogP contribution in [-0.4, -0.2) is 47.4 Å². The Morgan fingerprint density at radius 2 is 1.60 bits per heavy atom. The quantitative estimate of drug-likeness (QED) is 0.243. The van der Waals surface area contributed by atoms with Gasteiger partial charge in [-0.15, -0.1) is 0 Å². The molecule has 10 nitrogen and oxygen atoms in total. The van der Waals surface area contributed by atoms with Crippen LogP contribution >= 0.6 is 23.2 Å². The summed E-state index contributed by atoms with van der Waals surface area (Å²) in [6.45, 7) is 7.97. The maximum Gasteiger partial charge on any atom is 0.274 e. The third-order valence-electron chi connectivity index (χ3n) is 6.08. The summed E-state index contributed by atoms with van der Waals surface area (Å²) in [5.74, 6) is -1.94. The number of nitrogens with zero attached hydrogens (tertiary/aromatic N) is 1. The SMILES string of the molecule is Cc1cc(C(=O)N[C@@H](CC(=O)NCC(C)(C)C)C(=O)N[C@@H](Cc2ccc(Cl)cc2)C(=O)NCc2ccccc2Cl)no1. The second-order valence-corrected chi connectivity index (χ2v) is 11.9. The molecule has 224 valence electrons. The van der Waals surface area contributed by atoms with Crippen molar-refractivity contribution in [1.29, 1.82) is 0 Å². The Kier molecular flexibility index (Phi) is 11.5. The van der Waals surface area contributed by atoms with E-state index in [9.17, 15) is 19.2 Å². The van der Waals surface area contributed by atoms with Crippen molar-refractivity contribution in [3.05, 3.63) is 87.2 Å². The van der Waals surface area contributed by atoms with Gasteiger partial charge in [0.2, 0.25) is 17.7 Å². The summed E-state index contributed by atoms with van der Waals surface area (Å²) < 4.78 is 4.96. The third kappa shape index (κ3) is 10.5. The highest BCUT2D eigenvalue weighted by atomic mass is 35.5. The molecule has 0 unspecified atom stereocenters. The number of carbonyl (C=O) groups is 4. The summed E-state index contributed by atoms with van der Waals surface area (Å²) >= 11 is 12.3. The lowest BCUT2D eigenvalue weighted by Crippen LogP contribution is -2.55. The van der Waals surface area contributed by atoms with Crippen LogP contribution in [-0.2, 0) is 27.3 Å². The second kappa shape index (κ2) is 14.8. The van der Waals surface area contributed by atoms with Crippen LogP contribution in [0.3, 0.4) is 0 Å². The second-order valence-electron chi connectivity index (χ2n) is 11.1. The Morgan fingerprint density at radius 3 is 2.21 bits per heavy atom. The molecule has 4 N–H and O–H groups in total. The van der Waals surface area contributed by atoms with Gasteiger partial charge in [0, 0.05) is 35.6 Å². The van der Waals surface area contributed by atoms with Gasteiger partial charge < -0.3 is 25.8 Å². The van der Waals surface area contributed by atoms with E-state index in [1.54, 1.807) is 55.5 Å². The molecular weight excluding hydrogens is 581 g/mol. The van der Waals surface area contributed by atoms with Gasteiger partial charge in [-0.3, -0.25) is 19.2 Å². The Labute approximate surface area is 254 Å². The van der Waals surface area contributed by atoms with Crippen LogP contribution in [0, 0.1) is 12.3 Å². The fourth-order valence-electron chi connectivity index (χ4n) is 3.82. The Balaban J connectivity index is 1.80.